The molecule has 0 spiro atoms. The van der Waals surface area contributed by atoms with Gasteiger partial charge in [0.25, 0.3) is 0 Å². The van der Waals surface area contributed by atoms with Crippen LogP contribution in [0.2, 0.25) is 0 Å². The number of aromatic nitrogens is 3. The van der Waals surface area contributed by atoms with Crippen LogP contribution in [0.1, 0.15) is 42.0 Å². The van der Waals surface area contributed by atoms with Crippen LogP contribution < -0.4 is 4.90 Å². The molecule has 5 rings (SSSR count). The molecule has 0 saturated carbocycles. The molecular formula is C28H29FN6O2S2. The molecule has 0 aliphatic carbocycles. The van der Waals surface area contributed by atoms with Crippen LogP contribution in [-0.2, 0) is 16.4 Å². The van der Waals surface area contributed by atoms with Crippen LogP contribution in [0.25, 0.3) is 22.5 Å². The Morgan fingerprint density at radius 1 is 1.18 bits per heavy atom. The van der Waals surface area contributed by atoms with Gasteiger partial charge in [-0.1, -0.05) is 24.3 Å². The minimum atomic E-state index is -3.23. The average molecular weight is 565 g/mol. The zero-order valence-corrected chi connectivity index (χ0v) is 23.9. The predicted octanol–water partition coefficient (Wildman–Crippen LogP) is 5.55. The van der Waals surface area contributed by atoms with Gasteiger partial charge >= 0.3 is 0 Å². The van der Waals surface area contributed by atoms with Crippen molar-refractivity contribution in [2.24, 2.45) is 0 Å². The van der Waals surface area contributed by atoms with Crippen molar-refractivity contribution in [1.82, 2.24) is 18.7 Å². The summed E-state index contributed by atoms with van der Waals surface area (Å²) in [6.45, 7) is 7.52. The van der Waals surface area contributed by atoms with Crippen molar-refractivity contribution < 1.29 is 12.8 Å². The number of nitriles is 1. The third kappa shape index (κ3) is 5.07. The largest absolute Gasteiger partial charge is 0.302 e. The Balaban J connectivity index is 1.62. The standard InChI is InChI=1S/C28H29FN6O2S2/c1-5-23-27(34(6-2)28-32-25(24(16-30)38-28)20-7-9-22(29)10-8-20)35-17-21(15-18(3)26(35)31-23)19-11-13-33(14-12-19)39(4,36)37/h7-11,15,17H,5-6,12-14H2,1-4H3. The summed E-state index contributed by atoms with van der Waals surface area (Å²) in [5, 5.41) is 10.5. The van der Waals surface area contributed by atoms with Crippen LogP contribution in [0.4, 0.5) is 15.3 Å². The highest BCUT2D eigenvalue weighted by atomic mass is 32.2. The van der Waals surface area contributed by atoms with Gasteiger partial charge in [0.05, 0.1) is 11.9 Å². The molecule has 11 heteroatoms. The summed E-state index contributed by atoms with van der Waals surface area (Å²) in [5.41, 5.74) is 6.10. The lowest BCUT2D eigenvalue weighted by Gasteiger charge is -2.25. The van der Waals surface area contributed by atoms with Crippen molar-refractivity contribution in [3.05, 3.63) is 70.1 Å². The van der Waals surface area contributed by atoms with Crippen LogP contribution in [-0.4, -0.2) is 53.0 Å². The molecule has 0 fully saturated rings. The first-order chi connectivity index (χ1) is 18.6. The number of rotatable bonds is 7. The first-order valence-corrected chi connectivity index (χ1v) is 15.4. The molecule has 0 saturated heterocycles. The first-order valence-electron chi connectivity index (χ1n) is 12.7. The normalized spacial score (nSPS) is 14.4. The van der Waals surface area contributed by atoms with Crippen LogP contribution in [0, 0.1) is 24.1 Å². The molecule has 39 heavy (non-hydrogen) atoms. The van der Waals surface area contributed by atoms with Gasteiger partial charge < -0.3 is 4.90 Å². The van der Waals surface area contributed by atoms with Crippen molar-refractivity contribution in [3.8, 4) is 17.3 Å². The maximum Gasteiger partial charge on any atom is 0.211 e. The Hall–Kier alpha value is -3.59. The maximum absolute atomic E-state index is 13.5. The number of pyridine rings is 1. The Labute approximate surface area is 231 Å². The van der Waals surface area contributed by atoms with Gasteiger partial charge in [-0.05, 0) is 73.7 Å². The number of imidazole rings is 1. The lowest BCUT2D eigenvalue weighted by molar-refractivity contribution is 0.446. The number of hydrogen-bond donors (Lipinski definition) is 0. The lowest BCUT2D eigenvalue weighted by atomic mass is 10.0. The fraction of sp³-hybridized carbons (Fsp3) is 0.321. The van der Waals surface area contributed by atoms with Crippen LogP contribution >= 0.6 is 11.3 Å². The number of halogens is 1. The number of nitrogens with zero attached hydrogens (tertiary/aromatic N) is 6. The minimum absolute atomic E-state index is 0.343. The van der Waals surface area contributed by atoms with Gasteiger partial charge in [-0.25, -0.2) is 22.8 Å². The quantitative estimate of drug-likeness (QED) is 0.292. The second-order valence-corrected chi connectivity index (χ2v) is 12.4. The van der Waals surface area contributed by atoms with E-state index in [0.29, 0.717) is 53.7 Å². The first kappa shape index (κ1) is 27.0. The van der Waals surface area contributed by atoms with E-state index in [1.165, 1.54) is 34.0 Å². The predicted molar refractivity (Wildman–Crippen MR) is 153 cm³/mol. The van der Waals surface area contributed by atoms with Crippen LogP contribution in [0.15, 0.2) is 42.6 Å². The molecule has 202 valence electrons. The van der Waals surface area contributed by atoms with E-state index in [1.54, 1.807) is 12.1 Å². The second kappa shape index (κ2) is 10.5. The number of benzene rings is 1. The molecule has 3 aromatic heterocycles. The lowest BCUT2D eigenvalue weighted by Crippen LogP contribution is -2.33. The van der Waals surface area contributed by atoms with E-state index in [0.717, 1.165) is 33.9 Å². The molecule has 0 radical (unpaired) electrons. The molecule has 4 aromatic rings. The third-order valence-corrected chi connectivity index (χ3v) is 9.19. The molecule has 0 atom stereocenters. The summed E-state index contributed by atoms with van der Waals surface area (Å²) in [6, 6.07) is 10.4. The summed E-state index contributed by atoms with van der Waals surface area (Å²) in [6.07, 6.45) is 6.61. The van der Waals surface area contributed by atoms with E-state index in [9.17, 15) is 18.1 Å². The fourth-order valence-electron chi connectivity index (χ4n) is 4.94. The number of fused-ring (bicyclic) bond motifs is 1. The number of hydrogen-bond acceptors (Lipinski definition) is 7. The molecule has 8 nitrogen and oxygen atoms in total. The Morgan fingerprint density at radius 3 is 2.51 bits per heavy atom. The Morgan fingerprint density at radius 2 is 1.92 bits per heavy atom. The molecule has 0 N–H and O–H groups in total. The van der Waals surface area contributed by atoms with Gasteiger partial charge in [0.15, 0.2) is 5.13 Å². The minimum Gasteiger partial charge on any atom is -0.302 e. The van der Waals surface area contributed by atoms with Crippen LogP contribution in [0.5, 0.6) is 0 Å². The zero-order chi connectivity index (χ0) is 27.9. The highest BCUT2D eigenvalue weighted by Crippen LogP contribution is 2.38. The molecule has 0 unspecified atom stereocenters. The van der Waals surface area contributed by atoms with E-state index in [4.69, 9.17) is 9.97 Å². The van der Waals surface area contributed by atoms with Crippen molar-refractivity contribution in [1.29, 1.82) is 5.26 Å². The summed E-state index contributed by atoms with van der Waals surface area (Å²) in [5.74, 6) is 0.544. The molecule has 0 amide bonds. The van der Waals surface area contributed by atoms with E-state index >= 15 is 0 Å². The summed E-state index contributed by atoms with van der Waals surface area (Å²) in [4.78, 5) is 12.3. The molecule has 1 aliphatic heterocycles. The summed E-state index contributed by atoms with van der Waals surface area (Å²) >= 11 is 1.30. The summed E-state index contributed by atoms with van der Waals surface area (Å²) in [7, 11) is -3.23. The topological polar surface area (TPSA) is 94.6 Å². The fourth-order valence-corrected chi connectivity index (χ4v) is 6.66. The van der Waals surface area contributed by atoms with Crippen LogP contribution in [0.3, 0.4) is 0 Å². The highest BCUT2D eigenvalue weighted by Gasteiger charge is 2.25. The average Bonchev–Trinajstić information content (AvgIpc) is 3.52. The van der Waals surface area contributed by atoms with Gasteiger partial charge in [-0.15, -0.1) is 0 Å². The molecule has 1 aliphatic rings. The molecular weight excluding hydrogens is 535 g/mol. The van der Waals surface area contributed by atoms with Gasteiger partial charge in [-0.2, -0.15) is 9.57 Å². The van der Waals surface area contributed by atoms with E-state index < -0.39 is 10.0 Å². The zero-order valence-electron chi connectivity index (χ0n) is 22.3. The Kier molecular flexibility index (Phi) is 7.29. The molecule has 1 aromatic carbocycles. The van der Waals surface area contributed by atoms with Crippen molar-refractivity contribution in [2.75, 3.05) is 30.8 Å². The van der Waals surface area contributed by atoms with E-state index in [2.05, 4.69) is 34.6 Å². The van der Waals surface area contributed by atoms with E-state index in [1.807, 2.05) is 19.9 Å². The molecule has 0 bridgehead atoms. The van der Waals surface area contributed by atoms with Crippen molar-refractivity contribution >= 4 is 43.5 Å². The number of sulfonamides is 1. The Bertz CT molecular complexity index is 1730. The van der Waals surface area contributed by atoms with Gasteiger partial charge in [0.2, 0.25) is 10.0 Å². The summed E-state index contributed by atoms with van der Waals surface area (Å²) < 4.78 is 41.0. The van der Waals surface area contributed by atoms with Gasteiger partial charge in [0, 0.05) is 31.4 Å². The van der Waals surface area contributed by atoms with Gasteiger partial charge in [0.1, 0.15) is 33.9 Å². The van der Waals surface area contributed by atoms with Gasteiger partial charge in [-0.3, -0.25) is 4.40 Å². The number of aryl methyl sites for hydroxylation is 2. The monoisotopic (exact) mass is 564 g/mol. The smallest absolute Gasteiger partial charge is 0.211 e. The number of thiazole rings is 1. The van der Waals surface area contributed by atoms with Crippen molar-refractivity contribution in [2.45, 2.75) is 33.6 Å². The second-order valence-electron chi connectivity index (χ2n) is 9.48. The van der Waals surface area contributed by atoms with E-state index in [-0.39, 0.29) is 5.82 Å². The highest BCUT2D eigenvalue weighted by molar-refractivity contribution is 7.88. The number of anilines is 2. The SMILES string of the molecule is CCc1nc2c(C)cc(C3=CCN(S(C)(=O)=O)CC3)cn2c1N(CC)c1nc(-c2ccc(F)cc2)c(C#N)s1. The van der Waals surface area contributed by atoms with Crippen molar-refractivity contribution in [3.63, 3.8) is 0 Å². The third-order valence-electron chi connectivity index (χ3n) is 6.93. The molecule has 4 heterocycles. The maximum atomic E-state index is 13.5.